The Labute approximate surface area is 107 Å². The van der Waals surface area contributed by atoms with E-state index in [1.54, 1.807) is 13.0 Å². The molecular formula is C11H9BrClNO2. The first-order valence-electron chi connectivity index (χ1n) is 4.59. The number of esters is 1. The van der Waals surface area contributed by atoms with Crippen LogP contribution in [-0.4, -0.2) is 12.6 Å². The van der Waals surface area contributed by atoms with Crippen molar-refractivity contribution >= 4 is 33.5 Å². The molecule has 0 fully saturated rings. The van der Waals surface area contributed by atoms with Gasteiger partial charge in [0.1, 0.15) is 6.07 Å². The minimum atomic E-state index is -0.446. The van der Waals surface area contributed by atoms with Crippen LogP contribution < -0.4 is 0 Å². The number of hydrogen-bond donors (Lipinski definition) is 0. The van der Waals surface area contributed by atoms with Gasteiger partial charge >= 0.3 is 5.97 Å². The number of benzene rings is 1. The van der Waals surface area contributed by atoms with E-state index in [9.17, 15) is 4.79 Å². The summed E-state index contributed by atoms with van der Waals surface area (Å²) in [6.07, 6.45) is 0. The van der Waals surface area contributed by atoms with Crippen LogP contribution in [0.15, 0.2) is 16.6 Å². The summed E-state index contributed by atoms with van der Waals surface area (Å²) in [7, 11) is 0. The zero-order valence-corrected chi connectivity index (χ0v) is 10.9. The van der Waals surface area contributed by atoms with Crippen LogP contribution in [0, 0.1) is 11.3 Å². The molecule has 1 aromatic carbocycles. The van der Waals surface area contributed by atoms with Gasteiger partial charge in [-0.2, -0.15) is 5.26 Å². The van der Waals surface area contributed by atoms with Gasteiger partial charge in [0.05, 0.1) is 17.7 Å². The molecule has 0 amide bonds. The van der Waals surface area contributed by atoms with Gasteiger partial charge in [0, 0.05) is 10.4 Å². The second kappa shape index (κ2) is 5.88. The molecule has 84 valence electrons. The maximum Gasteiger partial charge on any atom is 0.338 e. The van der Waals surface area contributed by atoms with E-state index in [-0.39, 0.29) is 5.88 Å². The van der Waals surface area contributed by atoms with Crippen LogP contribution in [0.2, 0.25) is 0 Å². The molecule has 0 saturated carbocycles. The summed E-state index contributed by atoms with van der Waals surface area (Å²) in [6, 6.07) is 5.10. The molecule has 0 heterocycles. The van der Waals surface area contributed by atoms with Crippen LogP contribution >= 0.6 is 27.5 Å². The molecule has 0 aromatic heterocycles. The van der Waals surface area contributed by atoms with Crippen molar-refractivity contribution in [1.82, 2.24) is 0 Å². The number of ether oxygens (including phenoxy) is 1. The molecule has 0 aliphatic rings. The van der Waals surface area contributed by atoms with E-state index in [1.165, 1.54) is 6.07 Å². The number of halogens is 2. The number of carbonyl (C=O) groups excluding carboxylic acids is 1. The predicted molar refractivity (Wildman–Crippen MR) is 64.4 cm³/mol. The summed E-state index contributed by atoms with van der Waals surface area (Å²) >= 11 is 8.99. The molecule has 1 rings (SSSR count). The minimum Gasteiger partial charge on any atom is -0.462 e. The molecule has 3 nitrogen and oxygen atoms in total. The molecular weight excluding hydrogens is 293 g/mol. The molecule has 5 heteroatoms. The van der Waals surface area contributed by atoms with E-state index in [1.807, 2.05) is 6.07 Å². The highest BCUT2D eigenvalue weighted by Crippen LogP contribution is 2.25. The Kier molecular flexibility index (Phi) is 4.78. The Balaban J connectivity index is 3.23. The average Bonchev–Trinajstić information content (AvgIpc) is 2.29. The van der Waals surface area contributed by atoms with Gasteiger partial charge in [-0.05, 0) is 40.5 Å². The van der Waals surface area contributed by atoms with Crippen molar-refractivity contribution in [2.75, 3.05) is 6.61 Å². The fourth-order valence-electron chi connectivity index (χ4n) is 1.20. The molecule has 0 bridgehead atoms. The van der Waals surface area contributed by atoms with Gasteiger partial charge in [-0.15, -0.1) is 11.6 Å². The van der Waals surface area contributed by atoms with E-state index >= 15 is 0 Å². The zero-order valence-electron chi connectivity index (χ0n) is 8.59. The van der Waals surface area contributed by atoms with Crippen LogP contribution in [0.1, 0.15) is 28.4 Å². The number of rotatable bonds is 3. The second-order valence-electron chi connectivity index (χ2n) is 2.96. The molecule has 16 heavy (non-hydrogen) atoms. The third-order valence-corrected chi connectivity index (χ3v) is 3.15. The fourth-order valence-corrected chi connectivity index (χ4v) is 2.03. The van der Waals surface area contributed by atoms with Crippen LogP contribution in [-0.2, 0) is 10.6 Å². The van der Waals surface area contributed by atoms with E-state index < -0.39 is 5.97 Å². The highest BCUT2D eigenvalue weighted by Gasteiger charge is 2.13. The lowest BCUT2D eigenvalue weighted by molar-refractivity contribution is 0.0526. The van der Waals surface area contributed by atoms with Crippen LogP contribution in [0.5, 0.6) is 0 Å². The Bertz CT molecular complexity index is 454. The molecule has 0 radical (unpaired) electrons. The van der Waals surface area contributed by atoms with Crippen molar-refractivity contribution in [3.8, 4) is 6.07 Å². The summed E-state index contributed by atoms with van der Waals surface area (Å²) in [5.74, 6) is -0.222. The first kappa shape index (κ1) is 13.0. The van der Waals surface area contributed by atoms with Gasteiger partial charge in [-0.3, -0.25) is 0 Å². The summed E-state index contributed by atoms with van der Waals surface area (Å²) < 4.78 is 5.48. The minimum absolute atomic E-state index is 0.225. The molecule has 1 aromatic rings. The van der Waals surface area contributed by atoms with Gasteiger partial charge in [0.25, 0.3) is 0 Å². The van der Waals surface area contributed by atoms with Crippen molar-refractivity contribution in [3.05, 3.63) is 33.3 Å². The number of nitrogens with zero attached hydrogens (tertiary/aromatic N) is 1. The molecule has 0 spiro atoms. The summed E-state index contributed by atoms with van der Waals surface area (Å²) in [6.45, 7) is 2.03. The van der Waals surface area contributed by atoms with Gasteiger partial charge in [0.2, 0.25) is 0 Å². The number of hydrogen-bond acceptors (Lipinski definition) is 3. The number of nitriles is 1. The van der Waals surface area contributed by atoms with Crippen molar-refractivity contribution < 1.29 is 9.53 Å². The maximum atomic E-state index is 11.5. The highest BCUT2D eigenvalue weighted by molar-refractivity contribution is 9.10. The van der Waals surface area contributed by atoms with E-state index in [0.717, 1.165) is 0 Å². The first-order valence-corrected chi connectivity index (χ1v) is 5.92. The third-order valence-electron chi connectivity index (χ3n) is 1.92. The molecule has 0 aliphatic heterocycles. The van der Waals surface area contributed by atoms with Crippen LogP contribution in [0.3, 0.4) is 0 Å². The third kappa shape index (κ3) is 2.75. The Morgan fingerprint density at radius 3 is 2.81 bits per heavy atom. The van der Waals surface area contributed by atoms with Crippen molar-refractivity contribution in [1.29, 1.82) is 5.26 Å². The number of carbonyl (C=O) groups is 1. The van der Waals surface area contributed by atoms with Crippen molar-refractivity contribution in [2.24, 2.45) is 0 Å². The normalized spacial score (nSPS) is 9.62. The molecule has 0 unspecified atom stereocenters. The molecule has 0 N–H and O–H groups in total. The monoisotopic (exact) mass is 301 g/mol. The number of alkyl halides is 1. The largest absolute Gasteiger partial charge is 0.462 e. The Hall–Kier alpha value is -1.05. The summed E-state index contributed by atoms with van der Waals surface area (Å²) in [4.78, 5) is 11.5. The predicted octanol–water partition coefficient (Wildman–Crippen LogP) is 3.24. The topological polar surface area (TPSA) is 50.1 Å². The van der Waals surface area contributed by atoms with Gasteiger partial charge in [0.15, 0.2) is 0 Å². The Morgan fingerprint density at radius 2 is 2.31 bits per heavy atom. The smallest absolute Gasteiger partial charge is 0.338 e. The van der Waals surface area contributed by atoms with Crippen molar-refractivity contribution in [2.45, 2.75) is 12.8 Å². The molecule has 0 atom stereocenters. The maximum absolute atomic E-state index is 11.5. The zero-order chi connectivity index (χ0) is 12.1. The van der Waals surface area contributed by atoms with Gasteiger partial charge < -0.3 is 4.74 Å². The quantitative estimate of drug-likeness (QED) is 0.636. The first-order chi connectivity index (χ1) is 7.63. The average molecular weight is 303 g/mol. The SMILES string of the molecule is CCOC(=O)c1cc(C#N)c(Br)c(CCl)c1. The summed E-state index contributed by atoms with van der Waals surface area (Å²) in [5.41, 5.74) is 1.42. The standard InChI is InChI=1S/C11H9BrClNO2/c1-2-16-11(15)7-3-8(5-13)10(12)9(4-7)6-14/h3-4H,2,5H2,1H3. The lowest BCUT2D eigenvalue weighted by atomic mass is 10.1. The Morgan fingerprint density at radius 1 is 1.62 bits per heavy atom. The van der Waals surface area contributed by atoms with Gasteiger partial charge in [-0.25, -0.2) is 4.79 Å². The summed E-state index contributed by atoms with van der Waals surface area (Å²) in [5, 5.41) is 8.90. The van der Waals surface area contributed by atoms with Crippen molar-refractivity contribution in [3.63, 3.8) is 0 Å². The van der Waals surface area contributed by atoms with E-state index in [2.05, 4.69) is 15.9 Å². The van der Waals surface area contributed by atoms with Gasteiger partial charge in [-0.1, -0.05) is 0 Å². The van der Waals surface area contributed by atoms with Crippen LogP contribution in [0.4, 0.5) is 0 Å². The second-order valence-corrected chi connectivity index (χ2v) is 4.02. The highest BCUT2D eigenvalue weighted by atomic mass is 79.9. The van der Waals surface area contributed by atoms with Crippen LogP contribution in [0.25, 0.3) is 0 Å². The van der Waals surface area contributed by atoms with E-state index in [4.69, 9.17) is 21.6 Å². The van der Waals surface area contributed by atoms with E-state index in [0.29, 0.717) is 27.8 Å². The lowest BCUT2D eigenvalue weighted by Gasteiger charge is -2.07. The molecule has 0 aliphatic carbocycles. The lowest BCUT2D eigenvalue weighted by Crippen LogP contribution is -2.06. The fraction of sp³-hybridized carbons (Fsp3) is 0.273. The molecule has 0 saturated heterocycles.